The molecule has 2 aromatic carbocycles. The van der Waals surface area contributed by atoms with Crippen LogP contribution in [0.4, 0.5) is 0 Å². The van der Waals surface area contributed by atoms with Gasteiger partial charge in [-0.1, -0.05) is 49.4 Å². The Labute approximate surface area is 107 Å². The summed E-state index contributed by atoms with van der Waals surface area (Å²) in [6.45, 7) is 2.13. The third kappa shape index (κ3) is 1.88. The van der Waals surface area contributed by atoms with Crippen LogP contribution in [0.2, 0.25) is 0 Å². The molecular formula is C16H17NO. The van der Waals surface area contributed by atoms with Gasteiger partial charge in [0.15, 0.2) is 0 Å². The molecule has 0 bridgehead atoms. The Hall–Kier alpha value is -1.83. The fraction of sp³-hybridized carbons (Fsp3) is 0.312. The molecule has 2 heteroatoms. The van der Waals surface area contributed by atoms with E-state index in [1.807, 2.05) is 0 Å². The summed E-state index contributed by atoms with van der Waals surface area (Å²) in [6, 6.07) is 15.2. The summed E-state index contributed by atoms with van der Waals surface area (Å²) in [5, 5.41) is 5.57. The standard InChI is InChI=1S/C16H17NO/c1-2-15-14(10-16(18)17-15)13-8-7-11-5-3-4-6-12(11)9-13/h3-9,14-15H,2,10H2,1H3,(H,17,18). The predicted octanol–water partition coefficient (Wildman–Crippen LogP) is 3.22. The molecule has 1 aliphatic heterocycles. The first-order chi connectivity index (χ1) is 8.78. The lowest BCUT2D eigenvalue weighted by Crippen LogP contribution is -2.27. The molecule has 1 fully saturated rings. The molecule has 2 aromatic rings. The number of amides is 1. The lowest BCUT2D eigenvalue weighted by atomic mass is 9.89. The molecule has 2 unspecified atom stereocenters. The number of hydrogen-bond acceptors (Lipinski definition) is 1. The van der Waals surface area contributed by atoms with Crippen LogP contribution in [0.25, 0.3) is 10.8 Å². The molecule has 1 N–H and O–H groups in total. The summed E-state index contributed by atoms with van der Waals surface area (Å²) in [6.07, 6.45) is 1.61. The molecule has 3 rings (SSSR count). The molecule has 92 valence electrons. The molecule has 0 radical (unpaired) electrons. The molecule has 0 saturated carbocycles. The highest BCUT2D eigenvalue weighted by Gasteiger charge is 2.31. The van der Waals surface area contributed by atoms with Crippen LogP contribution in [0.5, 0.6) is 0 Å². The van der Waals surface area contributed by atoms with Gasteiger partial charge >= 0.3 is 0 Å². The van der Waals surface area contributed by atoms with E-state index in [1.54, 1.807) is 0 Å². The molecule has 1 amide bonds. The topological polar surface area (TPSA) is 29.1 Å². The SMILES string of the molecule is CCC1NC(=O)CC1c1ccc2ccccc2c1. The number of fused-ring (bicyclic) bond motifs is 1. The van der Waals surface area contributed by atoms with E-state index in [4.69, 9.17) is 0 Å². The molecule has 18 heavy (non-hydrogen) atoms. The molecule has 2 atom stereocenters. The highest BCUT2D eigenvalue weighted by atomic mass is 16.2. The van der Waals surface area contributed by atoms with E-state index in [-0.39, 0.29) is 5.91 Å². The van der Waals surface area contributed by atoms with Gasteiger partial charge in [-0.25, -0.2) is 0 Å². The van der Waals surface area contributed by atoms with Gasteiger partial charge < -0.3 is 5.32 Å². The third-order valence-corrected chi connectivity index (χ3v) is 3.88. The maximum atomic E-state index is 11.5. The van der Waals surface area contributed by atoms with E-state index < -0.39 is 0 Å². The molecule has 0 aliphatic carbocycles. The minimum absolute atomic E-state index is 0.181. The highest BCUT2D eigenvalue weighted by Crippen LogP contribution is 2.31. The number of nitrogens with one attached hydrogen (secondary N) is 1. The van der Waals surface area contributed by atoms with Crippen LogP contribution in [-0.4, -0.2) is 11.9 Å². The second-order valence-electron chi connectivity index (χ2n) is 5.00. The first-order valence-electron chi connectivity index (χ1n) is 6.56. The van der Waals surface area contributed by atoms with Crippen molar-refractivity contribution in [1.82, 2.24) is 5.32 Å². The summed E-state index contributed by atoms with van der Waals surface area (Å²) < 4.78 is 0. The second-order valence-corrected chi connectivity index (χ2v) is 5.00. The van der Waals surface area contributed by atoms with Crippen molar-refractivity contribution in [3.05, 3.63) is 48.0 Å². The van der Waals surface area contributed by atoms with Gasteiger partial charge in [-0.2, -0.15) is 0 Å². The summed E-state index contributed by atoms with van der Waals surface area (Å²) in [5.74, 6) is 0.507. The number of benzene rings is 2. The summed E-state index contributed by atoms with van der Waals surface area (Å²) in [5.41, 5.74) is 1.28. The Kier molecular flexibility index (Phi) is 2.78. The second kappa shape index (κ2) is 4.45. The minimum Gasteiger partial charge on any atom is -0.353 e. The van der Waals surface area contributed by atoms with Gasteiger partial charge in [0.1, 0.15) is 0 Å². The smallest absolute Gasteiger partial charge is 0.220 e. The lowest BCUT2D eigenvalue weighted by Gasteiger charge is -2.17. The Morgan fingerprint density at radius 2 is 1.94 bits per heavy atom. The van der Waals surface area contributed by atoms with Crippen LogP contribution >= 0.6 is 0 Å². The summed E-state index contributed by atoms with van der Waals surface area (Å²) in [7, 11) is 0. The van der Waals surface area contributed by atoms with Crippen LogP contribution in [0.1, 0.15) is 31.2 Å². The van der Waals surface area contributed by atoms with Crippen molar-refractivity contribution < 1.29 is 4.79 Å². The van der Waals surface area contributed by atoms with Crippen LogP contribution in [0.15, 0.2) is 42.5 Å². The van der Waals surface area contributed by atoms with Crippen molar-refractivity contribution in [3.8, 4) is 0 Å². The van der Waals surface area contributed by atoms with Crippen LogP contribution in [0.3, 0.4) is 0 Å². The predicted molar refractivity (Wildman–Crippen MR) is 73.5 cm³/mol. The Bertz CT molecular complexity index is 590. The zero-order chi connectivity index (χ0) is 12.5. The number of rotatable bonds is 2. The fourth-order valence-corrected chi connectivity index (χ4v) is 2.88. The zero-order valence-corrected chi connectivity index (χ0v) is 10.5. The first-order valence-corrected chi connectivity index (χ1v) is 6.56. The van der Waals surface area contributed by atoms with E-state index >= 15 is 0 Å². The molecular weight excluding hydrogens is 222 g/mol. The van der Waals surface area contributed by atoms with Crippen LogP contribution in [-0.2, 0) is 4.79 Å². The minimum atomic E-state index is 0.181. The molecule has 1 heterocycles. The van der Waals surface area contributed by atoms with Crippen molar-refractivity contribution in [2.75, 3.05) is 0 Å². The molecule has 0 spiro atoms. The Morgan fingerprint density at radius 1 is 1.17 bits per heavy atom. The number of carbonyl (C=O) groups excluding carboxylic acids is 1. The quantitative estimate of drug-likeness (QED) is 0.856. The monoisotopic (exact) mass is 239 g/mol. The van der Waals surface area contributed by atoms with Crippen molar-refractivity contribution in [1.29, 1.82) is 0 Å². The van der Waals surface area contributed by atoms with Gasteiger partial charge in [0.25, 0.3) is 0 Å². The number of hydrogen-bond donors (Lipinski definition) is 1. The summed E-state index contributed by atoms with van der Waals surface area (Å²) in [4.78, 5) is 11.5. The van der Waals surface area contributed by atoms with Gasteiger partial charge in [-0.15, -0.1) is 0 Å². The molecule has 0 aromatic heterocycles. The van der Waals surface area contributed by atoms with E-state index in [9.17, 15) is 4.79 Å². The molecule has 1 aliphatic rings. The lowest BCUT2D eigenvalue weighted by molar-refractivity contribution is -0.119. The maximum absolute atomic E-state index is 11.5. The van der Waals surface area contributed by atoms with E-state index in [0.717, 1.165) is 6.42 Å². The van der Waals surface area contributed by atoms with Crippen LogP contribution < -0.4 is 5.32 Å². The van der Waals surface area contributed by atoms with E-state index in [1.165, 1.54) is 16.3 Å². The molecule has 2 nitrogen and oxygen atoms in total. The normalized spacial score (nSPS) is 23.3. The third-order valence-electron chi connectivity index (χ3n) is 3.88. The zero-order valence-electron chi connectivity index (χ0n) is 10.5. The van der Waals surface area contributed by atoms with Crippen molar-refractivity contribution >= 4 is 16.7 Å². The highest BCUT2D eigenvalue weighted by molar-refractivity contribution is 5.84. The Morgan fingerprint density at radius 3 is 2.72 bits per heavy atom. The van der Waals surface area contributed by atoms with Gasteiger partial charge in [0.05, 0.1) is 0 Å². The summed E-state index contributed by atoms with van der Waals surface area (Å²) >= 11 is 0. The molecule has 1 saturated heterocycles. The first kappa shape index (κ1) is 11.3. The van der Waals surface area contributed by atoms with Crippen LogP contribution in [0, 0.1) is 0 Å². The van der Waals surface area contributed by atoms with Crippen molar-refractivity contribution in [2.45, 2.75) is 31.7 Å². The van der Waals surface area contributed by atoms with Gasteiger partial charge in [-0.05, 0) is 22.8 Å². The average Bonchev–Trinajstić information content (AvgIpc) is 2.79. The largest absolute Gasteiger partial charge is 0.353 e. The van der Waals surface area contributed by atoms with Crippen molar-refractivity contribution in [3.63, 3.8) is 0 Å². The van der Waals surface area contributed by atoms with Gasteiger partial charge in [-0.3, -0.25) is 4.79 Å². The van der Waals surface area contributed by atoms with E-state index in [2.05, 4.69) is 54.7 Å². The average molecular weight is 239 g/mol. The number of carbonyl (C=O) groups is 1. The van der Waals surface area contributed by atoms with Crippen molar-refractivity contribution in [2.24, 2.45) is 0 Å². The van der Waals surface area contributed by atoms with E-state index in [0.29, 0.717) is 18.4 Å². The maximum Gasteiger partial charge on any atom is 0.220 e. The van der Waals surface area contributed by atoms with Gasteiger partial charge in [0.2, 0.25) is 5.91 Å². The van der Waals surface area contributed by atoms with Gasteiger partial charge in [0, 0.05) is 18.4 Å². The Balaban J connectivity index is 2.01. The fourth-order valence-electron chi connectivity index (χ4n) is 2.88.